The average molecular weight is 287 g/mol. The summed E-state index contributed by atoms with van der Waals surface area (Å²) >= 11 is 0. The average Bonchev–Trinajstić information content (AvgIpc) is 2.52. The van der Waals surface area contributed by atoms with Gasteiger partial charge in [-0.05, 0) is 54.8 Å². The third-order valence-electron chi connectivity index (χ3n) is 3.20. The molecule has 3 heteroatoms. The maximum absolute atomic E-state index is 12.8. The van der Waals surface area contributed by atoms with E-state index < -0.39 is 0 Å². The van der Waals surface area contributed by atoms with E-state index in [-0.39, 0.29) is 5.82 Å². The maximum atomic E-state index is 12.8. The quantitative estimate of drug-likeness (QED) is 0.742. The first-order valence-corrected chi connectivity index (χ1v) is 7.45. The van der Waals surface area contributed by atoms with E-state index in [2.05, 4.69) is 24.4 Å². The molecular weight excluding hydrogens is 265 g/mol. The normalized spacial score (nSPS) is 10.6. The standard InChI is InChI=1S/C18H22FNO/c1-2-12-21-18-5-3-4-16(13-18)14-20-11-10-15-6-8-17(19)9-7-15/h3-9,13,20H,2,10-12,14H2,1H3. The van der Waals surface area contributed by atoms with Gasteiger partial charge in [-0.3, -0.25) is 0 Å². The molecule has 0 spiro atoms. The fraction of sp³-hybridized carbons (Fsp3) is 0.333. The van der Waals surface area contributed by atoms with Crippen LogP contribution < -0.4 is 10.1 Å². The van der Waals surface area contributed by atoms with Crippen LogP contribution in [0.1, 0.15) is 24.5 Å². The van der Waals surface area contributed by atoms with Crippen LogP contribution in [0.25, 0.3) is 0 Å². The molecule has 112 valence electrons. The van der Waals surface area contributed by atoms with Crippen LogP contribution in [0.3, 0.4) is 0 Å². The lowest BCUT2D eigenvalue weighted by atomic mass is 10.1. The molecule has 0 aromatic heterocycles. The van der Waals surface area contributed by atoms with Gasteiger partial charge in [-0.2, -0.15) is 0 Å². The summed E-state index contributed by atoms with van der Waals surface area (Å²) < 4.78 is 18.4. The molecule has 0 fully saturated rings. The highest BCUT2D eigenvalue weighted by atomic mass is 19.1. The predicted octanol–water partition coefficient (Wildman–Crippen LogP) is 3.95. The van der Waals surface area contributed by atoms with E-state index in [9.17, 15) is 4.39 Å². The molecule has 2 aromatic carbocycles. The van der Waals surface area contributed by atoms with Gasteiger partial charge < -0.3 is 10.1 Å². The van der Waals surface area contributed by atoms with E-state index in [0.717, 1.165) is 43.9 Å². The Hall–Kier alpha value is -1.87. The number of benzene rings is 2. The summed E-state index contributed by atoms with van der Waals surface area (Å²) in [5, 5.41) is 3.40. The second-order valence-electron chi connectivity index (χ2n) is 5.05. The van der Waals surface area contributed by atoms with E-state index >= 15 is 0 Å². The number of hydrogen-bond acceptors (Lipinski definition) is 2. The lowest BCUT2D eigenvalue weighted by molar-refractivity contribution is 0.317. The molecule has 0 aliphatic carbocycles. The van der Waals surface area contributed by atoms with Crippen LogP contribution in [0.15, 0.2) is 48.5 Å². The van der Waals surface area contributed by atoms with E-state index in [1.54, 1.807) is 0 Å². The Bertz CT molecular complexity index is 539. The van der Waals surface area contributed by atoms with Gasteiger partial charge in [0.2, 0.25) is 0 Å². The molecule has 0 aliphatic rings. The molecule has 2 rings (SSSR count). The van der Waals surface area contributed by atoms with Crippen LogP contribution in [0.2, 0.25) is 0 Å². The lowest BCUT2D eigenvalue weighted by Crippen LogP contribution is -2.16. The maximum Gasteiger partial charge on any atom is 0.123 e. The SMILES string of the molecule is CCCOc1cccc(CNCCc2ccc(F)cc2)c1. The molecule has 1 N–H and O–H groups in total. The molecule has 0 atom stereocenters. The van der Waals surface area contributed by atoms with Crippen molar-refractivity contribution in [3.8, 4) is 5.75 Å². The van der Waals surface area contributed by atoms with Crippen LogP contribution >= 0.6 is 0 Å². The van der Waals surface area contributed by atoms with Crippen molar-refractivity contribution in [1.29, 1.82) is 0 Å². The molecular formula is C18H22FNO. The lowest BCUT2D eigenvalue weighted by Gasteiger charge is -2.08. The fourth-order valence-corrected chi connectivity index (χ4v) is 2.08. The van der Waals surface area contributed by atoms with Gasteiger partial charge in [-0.1, -0.05) is 31.2 Å². The van der Waals surface area contributed by atoms with E-state index in [0.29, 0.717) is 0 Å². The number of halogens is 1. The molecule has 2 nitrogen and oxygen atoms in total. The number of rotatable bonds is 8. The Morgan fingerprint density at radius 2 is 1.86 bits per heavy atom. The molecule has 0 unspecified atom stereocenters. The summed E-state index contributed by atoms with van der Waals surface area (Å²) in [4.78, 5) is 0. The zero-order chi connectivity index (χ0) is 14.9. The van der Waals surface area contributed by atoms with Crippen molar-refractivity contribution in [2.45, 2.75) is 26.3 Å². The van der Waals surface area contributed by atoms with Crippen LogP contribution in [-0.4, -0.2) is 13.2 Å². The van der Waals surface area contributed by atoms with Crippen molar-refractivity contribution >= 4 is 0 Å². The minimum absolute atomic E-state index is 0.185. The Morgan fingerprint density at radius 3 is 2.62 bits per heavy atom. The largest absolute Gasteiger partial charge is 0.494 e. The molecule has 2 aromatic rings. The zero-order valence-corrected chi connectivity index (χ0v) is 12.4. The van der Waals surface area contributed by atoms with Crippen LogP contribution in [0, 0.1) is 5.82 Å². The zero-order valence-electron chi connectivity index (χ0n) is 12.4. The highest BCUT2D eigenvalue weighted by Gasteiger charge is 1.98. The van der Waals surface area contributed by atoms with Crippen LogP contribution in [0.5, 0.6) is 5.75 Å². The number of hydrogen-bond donors (Lipinski definition) is 1. The predicted molar refractivity (Wildman–Crippen MR) is 84.0 cm³/mol. The molecule has 21 heavy (non-hydrogen) atoms. The number of ether oxygens (including phenoxy) is 1. The van der Waals surface area contributed by atoms with E-state index in [4.69, 9.17) is 4.74 Å². The Kier molecular flexibility index (Phi) is 6.22. The molecule has 0 saturated heterocycles. The van der Waals surface area contributed by atoms with Crippen molar-refractivity contribution in [1.82, 2.24) is 5.32 Å². The second-order valence-corrected chi connectivity index (χ2v) is 5.05. The van der Waals surface area contributed by atoms with Crippen molar-refractivity contribution in [3.05, 3.63) is 65.5 Å². The molecule has 0 aliphatic heterocycles. The van der Waals surface area contributed by atoms with Crippen molar-refractivity contribution < 1.29 is 9.13 Å². The monoisotopic (exact) mass is 287 g/mol. The van der Waals surface area contributed by atoms with Gasteiger partial charge in [0.1, 0.15) is 11.6 Å². The Balaban J connectivity index is 1.74. The summed E-state index contributed by atoms with van der Waals surface area (Å²) in [5.41, 5.74) is 2.35. The molecule has 0 saturated carbocycles. The van der Waals surface area contributed by atoms with Gasteiger partial charge in [0.05, 0.1) is 6.61 Å². The smallest absolute Gasteiger partial charge is 0.123 e. The first-order valence-electron chi connectivity index (χ1n) is 7.45. The van der Waals surface area contributed by atoms with Gasteiger partial charge >= 0.3 is 0 Å². The molecule has 0 amide bonds. The third-order valence-corrected chi connectivity index (χ3v) is 3.20. The minimum atomic E-state index is -0.185. The first-order chi connectivity index (χ1) is 10.3. The van der Waals surface area contributed by atoms with Crippen molar-refractivity contribution in [2.75, 3.05) is 13.2 Å². The highest BCUT2D eigenvalue weighted by Crippen LogP contribution is 2.13. The van der Waals surface area contributed by atoms with Gasteiger partial charge in [0.25, 0.3) is 0 Å². The summed E-state index contributed by atoms with van der Waals surface area (Å²) in [7, 11) is 0. The third kappa shape index (κ3) is 5.56. The Morgan fingerprint density at radius 1 is 1.05 bits per heavy atom. The van der Waals surface area contributed by atoms with Gasteiger partial charge in [0, 0.05) is 6.54 Å². The van der Waals surface area contributed by atoms with E-state index in [1.807, 2.05) is 24.3 Å². The van der Waals surface area contributed by atoms with Gasteiger partial charge in [0.15, 0.2) is 0 Å². The minimum Gasteiger partial charge on any atom is -0.494 e. The van der Waals surface area contributed by atoms with Gasteiger partial charge in [-0.25, -0.2) is 4.39 Å². The Labute approximate surface area is 126 Å². The summed E-state index contributed by atoms with van der Waals surface area (Å²) in [6.45, 7) is 4.53. The first kappa shape index (κ1) is 15.5. The van der Waals surface area contributed by atoms with Gasteiger partial charge in [-0.15, -0.1) is 0 Å². The molecule has 0 heterocycles. The summed E-state index contributed by atoms with van der Waals surface area (Å²) in [6, 6.07) is 14.8. The fourth-order valence-electron chi connectivity index (χ4n) is 2.08. The summed E-state index contributed by atoms with van der Waals surface area (Å²) in [5.74, 6) is 0.741. The topological polar surface area (TPSA) is 21.3 Å². The van der Waals surface area contributed by atoms with Crippen molar-refractivity contribution in [3.63, 3.8) is 0 Å². The van der Waals surface area contributed by atoms with Crippen LogP contribution in [-0.2, 0) is 13.0 Å². The summed E-state index contributed by atoms with van der Waals surface area (Å²) in [6.07, 6.45) is 1.91. The highest BCUT2D eigenvalue weighted by molar-refractivity contribution is 5.28. The van der Waals surface area contributed by atoms with E-state index in [1.165, 1.54) is 17.7 Å². The molecule has 0 radical (unpaired) electrons. The second kappa shape index (κ2) is 8.42. The van der Waals surface area contributed by atoms with Crippen molar-refractivity contribution in [2.24, 2.45) is 0 Å². The molecule has 0 bridgehead atoms. The van der Waals surface area contributed by atoms with Crippen LogP contribution in [0.4, 0.5) is 4.39 Å². The number of nitrogens with one attached hydrogen (secondary N) is 1.